The number of carboxylic acids is 1. The summed E-state index contributed by atoms with van der Waals surface area (Å²) in [6.07, 6.45) is 0.0736. The smallest absolute Gasteiger partial charge is 0.341 e. The molecular formula is C15H20ClNO4. The molecule has 0 saturated carbocycles. The van der Waals surface area contributed by atoms with E-state index >= 15 is 0 Å². The largest absolute Gasteiger partial charge is 0.480 e. The molecule has 0 fully saturated rings. The van der Waals surface area contributed by atoms with Crippen molar-refractivity contribution in [2.24, 2.45) is 5.92 Å². The van der Waals surface area contributed by atoms with E-state index in [0.717, 1.165) is 6.42 Å². The average Bonchev–Trinajstić information content (AvgIpc) is 2.37. The predicted molar refractivity (Wildman–Crippen MR) is 81.0 cm³/mol. The number of carbonyl (C=O) groups excluding carboxylic acids is 1. The molecule has 21 heavy (non-hydrogen) atoms. The van der Waals surface area contributed by atoms with E-state index in [4.69, 9.17) is 21.4 Å². The molecule has 1 amide bonds. The fourth-order valence-electron chi connectivity index (χ4n) is 1.68. The second-order valence-electron chi connectivity index (χ2n) is 5.15. The first-order chi connectivity index (χ1) is 9.82. The van der Waals surface area contributed by atoms with Crippen LogP contribution in [0.2, 0.25) is 5.02 Å². The Balaban J connectivity index is 2.70. The second kappa shape index (κ2) is 7.88. The minimum absolute atomic E-state index is 0.0763. The number of nitrogens with one attached hydrogen (secondary N) is 1. The number of hydrogen-bond donors (Lipinski definition) is 2. The highest BCUT2D eigenvalue weighted by Gasteiger charge is 2.20. The molecule has 2 N–H and O–H groups in total. The van der Waals surface area contributed by atoms with E-state index in [0.29, 0.717) is 12.5 Å². The Morgan fingerprint density at radius 1 is 1.33 bits per heavy atom. The van der Waals surface area contributed by atoms with Gasteiger partial charge < -0.3 is 15.2 Å². The topological polar surface area (TPSA) is 75.6 Å². The predicted octanol–water partition coefficient (Wildman–Crippen LogP) is 2.97. The van der Waals surface area contributed by atoms with Gasteiger partial charge in [0.15, 0.2) is 6.10 Å². The molecule has 1 aromatic carbocycles. The van der Waals surface area contributed by atoms with E-state index in [1.165, 1.54) is 12.1 Å². The molecule has 5 nitrogen and oxygen atoms in total. The van der Waals surface area contributed by atoms with Crippen LogP contribution in [-0.2, 0) is 4.79 Å². The summed E-state index contributed by atoms with van der Waals surface area (Å²) in [4.78, 5) is 23.1. The number of rotatable bonds is 7. The highest BCUT2D eigenvalue weighted by Crippen LogP contribution is 2.27. The molecule has 1 atom stereocenters. The summed E-state index contributed by atoms with van der Waals surface area (Å²) < 4.78 is 5.43. The van der Waals surface area contributed by atoms with Gasteiger partial charge in [-0.25, -0.2) is 4.79 Å². The Labute approximate surface area is 129 Å². The maximum Gasteiger partial charge on any atom is 0.341 e. The number of benzene rings is 1. The number of ether oxygens (including phenoxy) is 1. The molecule has 0 aromatic heterocycles. The summed E-state index contributed by atoms with van der Waals surface area (Å²) in [5.41, 5.74) is -0.138. The first-order valence-electron chi connectivity index (χ1n) is 6.79. The zero-order valence-corrected chi connectivity index (χ0v) is 13.1. The minimum Gasteiger partial charge on any atom is -0.480 e. The van der Waals surface area contributed by atoms with Crippen molar-refractivity contribution in [1.29, 1.82) is 0 Å². The number of hydrogen-bond acceptors (Lipinski definition) is 3. The van der Waals surface area contributed by atoms with E-state index in [-0.39, 0.29) is 22.2 Å². The molecular weight excluding hydrogens is 294 g/mol. The van der Waals surface area contributed by atoms with Gasteiger partial charge in [0.25, 0.3) is 5.91 Å². The van der Waals surface area contributed by atoms with Crippen LogP contribution in [0.4, 0.5) is 0 Å². The Morgan fingerprint density at radius 2 is 2.00 bits per heavy atom. The number of aromatic carboxylic acids is 1. The molecule has 6 heteroatoms. The summed E-state index contributed by atoms with van der Waals surface area (Å²) in [6.45, 7) is 6.26. The van der Waals surface area contributed by atoms with Gasteiger partial charge in [-0.2, -0.15) is 0 Å². The Hall–Kier alpha value is -1.75. The third-order valence-corrected chi connectivity index (χ3v) is 3.20. The van der Waals surface area contributed by atoms with Crippen molar-refractivity contribution in [2.75, 3.05) is 6.54 Å². The Kier molecular flexibility index (Phi) is 6.49. The molecule has 0 saturated heterocycles. The maximum absolute atomic E-state index is 11.9. The third-order valence-electron chi connectivity index (χ3n) is 2.88. The molecule has 0 bridgehead atoms. The lowest BCUT2D eigenvalue weighted by Crippen LogP contribution is -2.37. The standard InChI is InChI=1S/C15H20ClNO4/c1-9(2)7-8-17-14(18)10(3)21-12-6-4-5-11(16)13(12)15(19)20/h4-6,9-10H,7-8H2,1-3H3,(H,17,18)(H,19,20). The highest BCUT2D eigenvalue weighted by molar-refractivity contribution is 6.33. The Morgan fingerprint density at radius 3 is 2.57 bits per heavy atom. The van der Waals surface area contributed by atoms with Crippen LogP contribution in [0.3, 0.4) is 0 Å². The van der Waals surface area contributed by atoms with Gasteiger partial charge >= 0.3 is 5.97 Å². The van der Waals surface area contributed by atoms with Crippen LogP contribution in [0, 0.1) is 5.92 Å². The lowest BCUT2D eigenvalue weighted by atomic mass is 10.1. The molecule has 116 valence electrons. The summed E-state index contributed by atoms with van der Waals surface area (Å²) in [6, 6.07) is 4.52. The first kappa shape index (κ1) is 17.3. The molecule has 0 radical (unpaired) electrons. The van der Waals surface area contributed by atoms with Gasteiger partial charge in [0.2, 0.25) is 0 Å². The zero-order valence-electron chi connectivity index (χ0n) is 12.4. The van der Waals surface area contributed by atoms with E-state index in [1.54, 1.807) is 13.0 Å². The van der Waals surface area contributed by atoms with Crippen molar-refractivity contribution in [3.05, 3.63) is 28.8 Å². The van der Waals surface area contributed by atoms with Crippen LogP contribution in [0.5, 0.6) is 5.75 Å². The first-order valence-corrected chi connectivity index (χ1v) is 7.17. The molecule has 0 aliphatic carbocycles. The van der Waals surface area contributed by atoms with Gasteiger partial charge in [0.1, 0.15) is 11.3 Å². The fraction of sp³-hybridized carbons (Fsp3) is 0.467. The monoisotopic (exact) mass is 313 g/mol. The van der Waals surface area contributed by atoms with Gasteiger partial charge in [-0.05, 0) is 31.4 Å². The normalized spacial score (nSPS) is 12.0. The SMILES string of the molecule is CC(C)CCNC(=O)C(C)Oc1cccc(Cl)c1C(=O)O. The van der Waals surface area contributed by atoms with E-state index in [1.807, 2.05) is 0 Å². The van der Waals surface area contributed by atoms with E-state index in [2.05, 4.69) is 19.2 Å². The Bertz CT molecular complexity index is 516. The van der Waals surface area contributed by atoms with Crippen LogP contribution >= 0.6 is 11.6 Å². The maximum atomic E-state index is 11.9. The van der Waals surface area contributed by atoms with Gasteiger partial charge in [-0.1, -0.05) is 31.5 Å². The van der Waals surface area contributed by atoms with Crippen LogP contribution < -0.4 is 10.1 Å². The molecule has 1 unspecified atom stereocenters. The van der Waals surface area contributed by atoms with Gasteiger partial charge in [-0.15, -0.1) is 0 Å². The highest BCUT2D eigenvalue weighted by atomic mass is 35.5. The molecule has 1 aromatic rings. The van der Waals surface area contributed by atoms with Crippen LogP contribution in [0.25, 0.3) is 0 Å². The van der Waals surface area contributed by atoms with Crippen molar-refractivity contribution in [3.63, 3.8) is 0 Å². The lowest BCUT2D eigenvalue weighted by Gasteiger charge is -2.17. The summed E-state index contributed by atoms with van der Waals surface area (Å²) in [5.74, 6) is -0.899. The van der Waals surface area contributed by atoms with E-state index < -0.39 is 12.1 Å². The molecule has 0 aliphatic rings. The van der Waals surface area contributed by atoms with Gasteiger partial charge in [0.05, 0.1) is 5.02 Å². The molecule has 1 rings (SSSR count). The summed E-state index contributed by atoms with van der Waals surface area (Å²) in [7, 11) is 0. The van der Waals surface area contributed by atoms with Crippen LogP contribution in [0.15, 0.2) is 18.2 Å². The lowest BCUT2D eigenvalue weighted by molar-refractivity contribution is -0.127. The van der Waals surface area contributed by atoms with Crippen molar-refractivity contribution in [1.82, 2.24) is 5.32 Å². The number of halogens is 1. The quantitative estimate of drug-likeness (QED) is 0.811. The zero-order chi connectivity index (χ0) is 16.0. The molecule has 0 spiro atoms. The van der Waals surface area contributed by atoms with Crippen LogP contribution in [-0.4, -0.2) is 29.6 Å². The number of carboxylic acid groups (broad SMARTS) is 1. The van der Waals surface area contributed by atoms with Crippen molar-refractivity contribution >= 4 is 23.5 Å². The van der Waals surface area contributed by atoms with Crippen LogP contribution in [0.1, 0.15) is 37.6 Å². The average molecular weight is 314 g/mol. The second-order valence-corrected chi connectivity index (χ2v) is 5.56. The van der Waals surface area contributed by atoms with Gasteiger partial charge in [0, 0.05) is 6.54 Å². The van der Waals surface area contributed by atoms with Crippen molar-refractivity contribution in [3.8, 4) is 5.75 Å². The van der Waals surface area contributed by atoms with Crippen molar-refractivity contribution < 1.29 is 19.4 Å². The minimum atomic E-state index is -1.19. The fourth-order valence-corrected chi connectivity index (χ4v) is 1.93. The molecule has 0 aliphatic heterocycles. The number of amides is 1. The van der Waals surface area contributed by atoms with Crippen molar-refractivity contribution in [2.45, 2.75) is 33.3 Å². The number of carbonyl (C=O) groups is 2. The third kappa shape index (κ3) is 5.27. The molecule has 0 heterocycles. The van der Waals surface area contributed by atoms with E-state index in [9.17, 15) is 9.59 Å². The summed E-state index contributed by atoms with van der Waals surface area (Å²) >= 11 is 5.84. The summed E-state index contributed by atoms with van der Waals surface area (Å²) in [5, 5.41) is 12.0. The van der Waals surface area contributed by atoms with Gasteiger partial charge in [-0.3, -0.25) is 4.79 Å².